The van der Waals surface area contributed by atoms with E-state index in [0.717, 1.165) is 49.9 Å². The van der Waals surface area contributed by atoms with Crippen molar-refractivity contribution in [3.8, 4) is 11.3 Å². The zero-order chi connectivity index (χ0) is 19.6. The molecule has 0 saturated carbocycles. The third-order valence-corrected chi connectivity index (χ3v) is 4.52. The van der Waals surface area contributed by atoms with Crippen LogP contribution in [0.3, 0.4) is 0 Å². The van der Waals surface area contributed by atoms with Gasteiger partial charge in [-0.1, -0.05) is 36.6 Å². The summed E-state index contributed by atoms with van der Waals surface area (Å²) in [6, 6.07) is 11.2. The summed E-state index contributed by atoms with van der Waals surface area (Å²) in [7, 11) is 0. The Bertz CT molecular complexity index is 877. The van der Waals surface area contributed by atoms with Crippen molar-refractivity contribution < 1.29 is 4.79 Å². The van der Waals surface area contributed by atoms with Crippen molar-refractivity contribution in [2.45, 2.75) is 45.1 Å². The van der Waals surface area contributed by atoms with Gasteiger partial charge in [-0.05, 0) is 37.1 Å². The molecule has 2 heterocycles. The molecule has 1 amide bonds. The maximum absolute atomic E-state index is 12.0. The second-order valence-corrected chi connectivity index (χ2v) is 6.76. The second kappa shape index (κ2) is 10.2. The van der Waals surface area contributed by atoms with Gasteiger partial charge in [-0.25, -0.2) is 0 Å². The van der Waals surface area contributed by atoms with E-state index in [4.69, 9.17) is 5.73 Å². The van der Waals surface area contributed by atoms with Gasteiger partial charge in [0.25, 0.3) is 0 Å². The average Bonchev–Trinajstić information content (AvgIpc) is 3.19. The van der Waals surface area contributed by atoms with E-state index in [1.807, 2.05) is 41.2 Å². The van der Waals surface area contributed by atoms with Gasteiger partial charge in [-0.15, -0.1) is 5.10 Å². The van der Waals surface area contributed by atoms with Crippen LogP contribution in [0.1, 0.15) is 38.5 Å². The Balaban J connectivity index is 1.27. The molecule has 3 N–H and O–H groups in total. The molecule has 2 aromatic heterocycles. The number of aryl methyl sites for hydroxylation is 1. The summed E-state index contributed by atoms with van der Waals surface area (Å²) in [6.07, 6.45) is 11.2. The number of hydrogen-bond donors (Lipinski definition) is 2. The summed E-state index contributed by atoms with van der Waals surface area (Å²) < 4.78 is 1.88. The van der Waals surface area contributed by atoms with Crippen LogP contribution >= 0.6 is 0 Å². The highest BCUT2D eigenvalue weighted by molar-refractivity contribution is 5.93. The lowest BCUT2D eigenvalue weighted by Crippen LogP contribution is -2.12. The highest BCUT2D eigenvalue weighted by Crippen LogP contribution is 2.17. The molecule has 1 aromatic carbocycles. The van der Waals surface area contributed by atoms with E-state index in [1.165, 1.54) is 0 Å². The lowest BCUT2D eigenvalue weighted by Gasteiger charge is -2.07. The molecule has 0 atom stereocenters. The van der Waals surface area contributed by atoms with Gasteiger partial charge in [0, 0.05) is 30.9 Å². The van der Waals surface area contributed by atoms with E-state index >= 15 is 0 Å². The number of aromatic nitrogens is 4. The van der Waals surface area contributed by atoms with E-state index in [1.54, 1.807) is 18.5 Å². The van der Waals surface area contributed by atoms with Crippen LogP contribution < -0.4 is 11.1 Å². The van der Waals surface area contributed by atoms with Gasteiger partial charge >= 0.3 is 0 Å². The number of carbonyl (C=O) groups excluding carboxylic acids is 1. The number of nitrogen functional groups attached to an aromatic ring is 1. The molecule has 0 aliphatic carbocycles. The molecule has 3 rings (SSSR count). The van der Waals surface area contributed by atoms with Crippen LogP contribution in [0.4, 0.5) is 11.4 Å². The summed E-state index contributed by atoms with van der Waals surface area (Å²) >= 11 is 0. The first-order valence-electron chi connectivity index (χ1n) is 9.67. The van der Waals surface area contributed by atoms with E-state index in [-0.39, 0.29) is 5.91 Å². The molecule has 0 spiro atoms. The first-order chi connectivity index (χ1) is 13.7. The van der Waals surface area contributed by atoms with Crippen molar-refractivity contribution in [1.29, 1.82) is 0 Å². The smallest absolute Gasteiger partial charge is 0.224 e. The number of nitrogens with one attached hydrogen (secondary N) is 1. The number of benzene rings is 1. The second-order valence-electron chi connectivity index (χ2n) is 6.76. The fourth-order valence-corrected chi connectivity index (χ4v) is 2.97. The molecule has 28 heavy (non-hydrogen) atoms. The monoisotopic (exact) mass is 378 g/mol. The summed E-state index contributed by atoms with van der Waals surface area (Å²) in [5.74, 6) is 0.0171. The van der Waals surface area contributed by atoms with Crippen molar-refractivity contribution in [3.63, 3.8) is 0 Å². The van der Waals surface area contributed by atoms with E-state index in [9.17, 15) is 4.79 Å². The number of nitrogens with zero attached hydrogens (tertiary/aromatic N) is 4. The number of carbonyl (C=O) groups is 1. The Kier molecular flexibility index (Phi) is 7.12. The molecule has 7 nitrogen and oxygen atoms in total. The number of unbranched alkanes of at least 4 members (excludes halogenated alkanes) is 4. The number of para-hydroxylation sites is 2. The average molecular weight is 378 g/mol. The van der Waals surface area contributed by atoms with Gasteiger partial charge in [0.05, 0.1) is 17.6 Å². The maximum atomic E-state index is 12.0. The van der Waals surface area contributed by atoms with E-state index in [0.29, 0.717) is 17.8 Å². The van der Waals surface area contributed by atoms with Crippen LogP contribution in [-0.2, 0) is 11.3 Å². The molecule has 146 valence electrons. The molecule has 0 unspecified atom stereocenters. The Morgan fingerprint density at radius 3 is 2.68 bits per heavy atom. The number of nitrogens with two attached hydrogens (primary N) is 1. The minimum atomic E-state index is 0.0171. The van der Waals surface area contributed by atoms with E-state index in [2.05, 4.69) is 20.6 Å². The van der Waals surface area contributed by atoms with Crippen LogP contribution in [0.15, 0.2) is 55.0 Å². The zero-order valence-corrected chi connectivity index (χ0v) is 15.9. The van der Waals surface area contributed by atoms with Gasteiger partial charge in [-0.3, -0.25) is 14.5 Å². The highest BCUT2D eigenvalue weighted by atomic mass is 16.1. The van der Waals surface area contributed by atoms with Crippen molar-refractivity contribution in [2.75, 3.05) is 11.1 Å². The minimum Gasteiger partial charge on any atom is -0.397 e. The lowest BCUT2D eigenvalue weighted by atomic mass is 10.1. The van der Waals surface area contributed by atoms with Crippen molar-refractivity contribution in [2.24, 2.45) is 0 Å². The first kappa shape index (κ1) is 19.5. The van der Waals surface area contributed by atoms with Crippen molar-refractivity contribution >= 4 is 17.3 Å². The number of amides is 1. The molecule has 0 aliphatic heterocycles. The predicted molar refractivity (Wildman–Crippen MR) is 110 cm³/mol. The fraction of sp³-hybridized carbons (Fsp3) is 0.333. The summed E-state index contributed by atoms with van der Waals surface area (Å²) in [6.45, 7) is 0.848. The molecule has 0 aliphatic rings. The number of pyridine rings is 1. The topological polar surface area (TPSA) is 98.7 Å². The van der Waals surface area contributed by atoms with Gasteiger partial charge < -0.3 is 11.1 Å². The maximum Gasteiger partial charge on any atom is 0.224 e. The molecule has 0 bridgehead atoms. The van der Waals surface area contributed by atoms with Gasteiger partial charge in [0.2, 0.25) is 5.91 Å². The standard InChI is InChI=1S/C21H26N6O/c22-18-10-5-6-11-19(18)24-21(28)12-4-2-1-3-7-14-27-16-20(25-26-27)17-9-8-13-23-15-17/h5-6,8-11,13,15-16H,1-4,7,12,14,22H2,(H,24,28). The molecule has 0 fully saturated rings. The largest absolute Gasteiger partial charge is 0.397 e. The molecule has 0 saturated heterocycles. The molecule has 3 aromatic rings. The Morgan fingerprint density at radius 2 is 1.86 bits per heavy atom. The third-order valence-electron chi connectivity index (χ3n) is 4.52. The molecular weight excluding hydrogens is 352 g/mol. The van der Waals surface area contributed by atoms with Crippen LogP contribution in [0.25, 0.3) is 11.3 Å². The molecular formula is C21H26N6O. The normalized spacial score (nSPS) is 10.7. The Morgan fingerprint density at radius 1 is 1.04 bits per heavy atom. The predicted octanol–water partition coefficient (Wildman–Crippen LogP) is 3.90. The molecule has 0 radical (unpaired) electrons. The SMILES string of the molecule is Nc1ccccc1NC(=O)CCCCCCCn1cc(-c2cccnc2)nn1. The van der Waals surface area contributed by atoms with Gasteiger partial charge in [-0.2, -0.15) is 0 Å². The highest BCUT2D eigenvalue weighted by Gasteiger charge is 2.05. The van der Waals surface area contributed by atoms with E-state index < -0.39 is 0 Å². The quantitative estimate of drug-likeness (QED) is 0.412. The van der Waals surface area contributed by atoms with Crippen LogP contribution in [0.5, 0.6) is 0 Å². The number of rotatable bonds is 10. The van der Waals surface area contributed by atoms with Gasteiger partial charge in [0.15, 0.2) is 0 Å². The summed E-state index contributed by atoms with van der Waals surface area (Å²) in [5, 5.41) is 11.2. The molecule has 7 heteroatoms. The van der Waals surface area contributed by atoms with Crippen molar-refractivity contribution in [3.05, 3.63) is 55.0 Å². The summed E-state index contributed by atoms with van der Waals surface area (Å²) in [5.41, 5.74) is 8.93. The first-order valence-corrected chi connectivity index (χ1v) is 9.67. The minimum absolute atomic E-state index is 0.0171. The number of hydrogen-bond acceptors (Lipinski definition) is 5. The fourth-order valence-electron chi connectivity index (χ4n) is 2.97. The number of anilines is 2. The third kappa shape index (κ3) is 5.90. The zero-order valence-electron chi connectivity index (χ0n) is 15.9. The lowest BCUT2D eigenvalue weighted by molar-refractivity contribution is -0.116. The Hall–Kier alpha value is -3.22. The van der Waals surface area contributed by atoms with Crippen LogP contribution in [0.2, 0.25) is 0 Å². The van der Waals surface area contributed by atoms with Crippen LogP contribution in [-0.4, -0.2) is 25.9 Å². The summed E-state index contributed by atoms with van der Waals surface area (Å²) in [4.78, 5) is 16.1. The van der Waals surface area contributed by atoms with Crippen LogP contribution in [0, 0.1) is 0 Å². The van der Waals surface area contributed by atoms with Crippen molar-refractivity contribution in [1.82, 2.24) is 20.0 Å². The van der Waals surface area contributed by atoms with Gasteiger partial charge in [0.1, 0.15) is 5.69 Å². The Labute approximate surface area is 165 Å².